The normalized spacial score (nSPS) is 12.4. The van der Waals surface area contributed by atoms with Gasteiger partial charge >= 0.3 is 0 Å². The Bertz CT molecular complexity index is 1360. The first-order valence-electron chi connectivity index (χ1n) is 12.0. The van der Waals surface area contributed by atoms with Crippen LogP contribution in [-0.4, -0.2) is 15.9 Å². The average molecular weight is 695 g/mol. The van der Waals surface area contributed by atoms with Crippen molar-refractivity contribution < 1.29 is 65.9 Å². The van der Waals surface area contributed by atoms with Crippen molar-refractivity contribution in [2.45, 2.75) is 51.9 Å². The molecule has 0 spiro atoms. The topological polar surface area (TPSA) is 0 Å². The minimum absolute atomic E-state index is 0.568. The van der Waals surface area contributed by atoms with Gasteiger partial charge in [0.2, 0.25) is 0 Å². The molecule has 3 rings (SSSR count). The van der Waals surface area contributed by atoms with E-state index in [-0.39, 0.29) is 0 Å². The number of halogens is 16. The van der Waals surface area contributed by atoms with Gasteiger partial charge in [-0.1, -0.05) is 0 Å². The minimum Gasteiger partial charge on any atom is -0.370 e. The third-order valence-electron chi connectivity index (χ3n) is 5.79. The number of benzene rings is 3. The van der Waals surface area contributed by atoms with E-state index >= 15 is 0 Å². The summed E-state index contributed by atoms with van der Waals surface area (Å²) in [6.07, 6.45) is 0. The molecule has 0 nitrogen and oxygen atoms in total. The fourth-order valence-electron chi connectivity index (χ4n) is 4.65. The Hall–Kier alpha value is -2.61. The molecule has 0 unspecified atom stereocenters. The molecule has 0 aliphatic rings. The Balaban J connectivity index is 0.000000651. The summed E-state index contributed by atoms with van der Waals surface area (Å²) >= 11 is 5.59. The van der Waals surface area contributed by atoms with Gasteiger partial charge in [0.15, 0.2) is 57.9 Å². The molecule has 44 heavy (non-hydrogen) atoms. The van der Waals surface area contributed by atoms with E-state index in [1.807, 2.05) is 0 Å². The molecule has 0 atom stereocenters. The lowest BCUT2D eigenvalue weighted by Gasteiger charge is -2.38. The van der Waals surface area contributed by atoms with Gasteiger partial charge in [0, 0.05) is 0 Å². The standard InChI is InChI=1S/C18BClF15.C8H19P/c20-19(1-4(21)10(27)16(33)11(28)5(1)22,2-6(23)12(29)17(34)13(30)7(2)24)3-8(25)14(31)18(35)15(32)9(3)26;1-7(2,3)9-8(4,5)6/h;9H,1-6H3/q-1;/p+1. The van der Waals surface area contributed by atoms with E-state index in [9.17, 15) is 65.9 Å². The van der Waals surface area contributed by atoms with Crippen LogP contribution in [0.2, 0.25) is 0 Å². The summed E-state index contributed by atoms with van der Waals surface area (Å²) in [6.45, 7) is 14.0. The second-order valence-electron chi connectivity index (χ2n) is 11.6. The summed E-state index contributed by atoms with van der Waals surface area (Å²) in [5.74, 6) is -46.5. The van der Waals surface area contributed by atoms with Crippen molar-refractivity contribution >= 4 is 42.0 Å². The van der Waals surface area contributed by atoms with Gasteiger partial charge in [-0.15, -0.1) is 16.4 Å². The molecule has 0 heterocycles. The van der Waals surface area contributed by atoms with E-state index < -0.39 is 109 Å². The summed E-state index contributed by atoms with van der Waals surface area (Å²) in [5.41, 5.74) is -14.5. The largest absolute Gasteiger partial charge is 0.370 e. The Morgan fingerprint density at radius 1 is 0.341 bits per heavy atom. The van der Waals surface area contributed by atoms with Crippen LogP contribution in [0.4, 0.5) is 65.9 Å². The van der Waals surface area contributed by atoms with Crippen LogP contribution in [0.15, 0.2) is 0 Å². The first-order valence-corrected chi connectivity index (χ1v) is 13.6. The Morgan fingerprint density at radius 3 is 0.591 bits per heavy atom. The number of hydrogen-bond donors (Lipinski definition) is 0. The first-order chi connectivity index (χ1) is 19.7. The van der Waals surface area contributed by atoms with Crippen molar-refractivity contribution in [3.05, 3.63) is 87.3 Å². The maximum atomic E-state index is 14.6. The van der Waals surface area contributed by atoms with E-state index in [0.717, 1.165) is 0 Å². The average Bonchev–Trinajstić information content (AvgIpc) is 2.89. The molecule has 0 bridgehead atoms. The van der Waals surface area contributed by atoms with Gasteiger partial charge in [-0.05, 0) is 50.1 Å². The number of hydrogen-bond acceptors (Lipinski definition) is 0. The monoisotopic (exact) mass is 694 g/mol. The lowest BCUT2D eigenvalue weighted by Crippen LogP contribution is -2.69. The van der Waals surface area contributed by atoms with Crippen LogP contribution in [0.3, 0.4) is 0 Å². The SMILES string of the molecule is CC(C)(C)[PH2+]C(C)(C)C.Fc1c(F)c(F)c([B-](Cl)(c2c(F)c(F)c(F)c(F)c2F)c2c(F)c(F)c(F)c(F)c2F)c(F)c1F. The highest BCUT2D eigenvalue weighted by Crippen LogP contribution is 2.42. The van der Waals surface area contributed by atoms with Crippen LogP contribution in [0, 0.1) is 87.3 Å². The molecule has 244 valence electrons. The van der Waals surface area contributed by atoms with Gasteiger partial charge in [0.1, 0.15) is 34.9 Å². The molecular formula is C26H20BClF15P. The van der Waals surface area contributed by atoms with Gasteiger partial charge < -0.3 is 11.5 Å². The van der Waals surface area contributed by atoms with Crippen molar-refractivity contribution in [1.82, 2.24) is 0 Å². The molecule has 3 aromatic carbocycles. The van der Waals surface area contributed by atoms with Crippen LogP contribution in [0.25, 0.3) is 0 Å². The maximum absolute atomic E-state index is 14.6. The van der Waals surface area contributed by atoms with Crippen LogP contribution in [0.1, 0.15) is 41.5 Å². The second-order valence-corrected chi connectivity index (χ2v) is 16.0. The minimum atomic E-state index is -5.94. The molecule has 0 saturated heterocycles. The third-order valence-corrected chi connectivity index (χ3v) is 8.18. The van der Waals surface area contributed by atoms with Crippen LogP contribution < -0.4 is 16.4 Å². The Labute approximate surface area is 247 Å². The van der Waals surface area contributed by atoms with Crippen molar-refractivity contribution in [2.75, 3.05) is 0 Å². The summed E-state index contributed by atoms with van der Waals surface area (Å²) in [7, 11) is 0.569. The molecule has 0 aliphatic heterocycles. The van der Waals surface area contributed by atoms with Crippen LogP contribution in [0.5, 0.6) is 0 Å². The van der Waals surface area contributed by atoms with Crippen molar-refractivity contribution in [1.29, 1.82) is 0 Å². The second kappa shape index (κ2) is 12.7. The molecule has 18 heteroatoms. The summed E-state index contributed by atoms with van der Waals surface area (Å²) in [5, 5.41) is 1.14. The zero-order valence-corrected chi connectivity index (χ0v) is 25.1. The Kier molecular flexibility index (Phi) is 10.8. The maximum Gasteiger partial charge on any atom is 0.200 e. The number of rotatable bonds is 3. The van der Waals surface area contributed by atoms with E-state index in [4.69, 9.17) is 11.5 Å². The molecule has 0 aromatic heterocycles. The zero-order chi connectivity index (χ0) is 34.6. The fraction of sp³-hybridized carbons (Fsp3) is 0.308. The van der Waals surface area contributed by atoms with Crippen molar-refractivity contribution in [2.24, 2.45) is 0 Å². The Morgan fingerprint density at radius 2 is 0.477 bits per heavy atom. The van der Waals surface area contributed by atoms with Gasteiger partial charge in [-0.3, -0.25) is 0 Å². The zero-order valence-electron chi connectivity index (χ0n) is 23.2. The van der Waals surface area contributed by atoms with E-state index in [0.29, 0.717) is 18.9 Å². The predicted octanol–water partition coefficient (Wildman–Crippen LogP) is 7.97. The van der Waals surface area contributed by atoms with Crippen molar-refractivity contribution in [3.8, 4) is 0 Å². The van der Waals surface area contributed by atoms with Gasteiger partial charge in [0.25, 0.3) is 0 Å². The molecule has 0 amide bonds. The van der Waals surface area contributed by atoms with E-state index in [1.54, 1.807) is 0 Å². The molecule has 0 fully saturated rings. The summed E-state index contributed by atoms with van der Waals surface area (Å²) < 4.78 is 211. The molecular weight excluding hydrogens is 674 g/mol. The molecule has 0 N–H and O–H groups in total. The predicted molar refractivity (Wildman–Crippen MR) is 138 cm³/mol. The van der Waals surface area contributed by atoms with Crippen LogP contribution in [-0.2, 0) is 0 Å². The van der Waals surface area contributed by atoms with E-state index in [2.05, 4.69) is 41.5 Å². The highest BCUT2D eigenvalue weighted by atomic mass is 35.5. The molecule has 0 saturated carbocycles. The highest BCUT2D eigenvalue weighted by Gasteiger charge is 2.47. The lowest BCUT2D eigenvalue weighted by atomic mass is 9.34. The fourth-order valence-corrected chi connectivity index (χ4v) is 7.82. The van der Waals surface area contributed by atoms with Gasteiger partial charge in [0.05, 0.1) is 10.3 Å². The van der Waals surface area contributed by atoms with E-state index in [1.165, 1.54) is 0 Å². The van der Waals surface area contributed by atoms with Gasteiger partial charge in [-0.2, -0.15) is 0 Å². The quantitative estimate of drug-likeness (QED) is 0.0859. The molecule has 0 aliphatic carbocycles. The van der Waals surface area contributed by atoms with Gasteiger partial charge in [-0.25, -0.2) is 65.9 Å². The lowest BCUT2D eigenvalue weighted by molar-refractivity contribution is 0.380. The molecule has 3 aromatic rings. The summed E-state index contributed by atoms with van der Waals surface area (Å²) in [4.78, 5) is 0. The smallest absolute Gasteiger partial charge is 0.200 e. The first kappa shape index (κ1) is 37.6. The molecule has 0 radical (unpaired) electrons. The summed E-state index contributed by atoms with van der Waals surface area (Å²) in [6, 6.07) is 0. The van der Waals surface area contributed by atoms with Crippen LogP contribution >= 0.6 is 20.0 Å². The third kappa shape index (κ3) is 6.66. The highest BCUT2D eigenvalue weighted by molar-refractivity contribution is 7.41. The van der Waals surface area contributed by atoms with Crippen molar-refractivity contribution in [3.63, 3.8) is 0 Å².